The number of carbonyl (C=O) groups excluding carboxylic acids is 1. The van der Waals surface area contributed by atoms with Crippen LogP contribution in [0.2, 0.25) is 0 Å². The monoisotopic (exact) mass is 293 g/mol. The highest BCUT2D eigenvalue weighted by atomic mass is 32.1. The van der Waals surface area contributed by atoms with E-state index in [2.05, 4.69) is 11.4 Å². The molecule has 110 valence electrons. The second-order valence-corrected chi connectivity index (χ2v) is 7.36. The Kier molecular flexibility index (Phi) is 4.13. The van der Waals surface area contributed by atoms with Gasteiger partial charge in [0.2, 0.25) is 0 Å². The largest absolute Gasteiger partial charge is 0.394 e. The van der Waals surface area contributed by atoms with Gasteiger partial charge < -0.3 is 10.4 Å². The summed E-state index contributed by atoms with van der Waals surface area (Å²) in [6.45, 7) is 0.0594. The van der Waals surface area contributed by atoms with E-state index in [0.717, 1.165) is 43.4 Å². The minimum atomic E-state index is -0.375. The van der Waals surface area contributed by atoms with E-state index in [0.29, 0.717) is 0 Å². The lowest BCUT2D eigenvalue weighted by atomic mass is 9.82. The number of fused-ring (bicyclic) bond motifs is 1. The van der Waals surface area contributed by atoms with Gasteiger partial charge in [-0.3, -0.25) is 4.79 Å². The summed E-state index contributed by atoms with van der Waals surface area (Å²) in [6, 6.07) is 2.07. The van der Waals surface area contributed by atoms with Crippen molar-refractivity contribution in [2.45, 2.75) is 63.3 Å². The van der Waals surface area contributed by atoms with E-state index < -0.39 is 0 Å². The summed E-state index contributed by atoms with van der Waals surface area (Å²) in [5.41, 5.74) is 0.993. The lowest BCUT2D eigenvalue weighted by Crippen LogP contribution is -2.52. The van der Waals surface area contributed by atoms with Crippen molar-refractivity contribution in [3.8, 4) is 0 Å². The maximum Gasteiger partial charge on any atom is 0.261 e. The van der Waals surface area contributed by atoms with E-state index in [9.17, 15) is 9.90 Å². The molecule has 1 aromatic heterocycles. The van der Waals surface area contributed by atoms with Crippen LogP contribution in [0.4, 0.5) is 0 Å². The maximum atomic E-state index is 12.5. The smallest absolute Gasteiger partial charge is 0.261 e. The van der Waals surface area contributed by atoms with Gasteiger partial charge in [-0.15, -0.1) is 11.3 Å². The van der Waals surface area contributed by atoms with E-state index in [1.165, 1.54) is 29.7 Å². The number of amides is 1. The predicted octanol–water partition coefficient (Wildman–Crippen LogP) is 3.05. The highest BCUT2D eigenvalue weighted by molar-refractivity contribution is 7.14. The van der Waals surface area contributed by atoms with Gasteiger partial charge in [0, 0.05) is 4.88 Å². The minimum Gasteiger partial charge on any atom is -0.394 e. The number of hydrogen-bond acceptors (Lipinski definition) is 3. The molecule has 0 bridgehead atoms. The summed E-state index contributed by atoms with van der Waals surface area (Å²) < 4.78 is 0. The molecule has 2 aliphatic rings. The van der Waals surface area contributed by atoms with E-state index in [4.69, 9.17) is 0 Å². The van der Waals surface area contributed by atoms with Crippen molar-refractivity contribution < 1.29 is 9.90 Å². The fourth-order valence-electron chi connectivity index (χ4n) is 3.46. The molecule has 1 saturated carbocycles. The van der Waals surface area contributed by atoms with Crippen LogP contribution in [0.5, 0.6) is 0 Å². The Balaban J connectivity index is 1.73. The molecule has 0 aliphatic heterocycles. The molecule has 1 fully saturated rings. The molecule has 0 radical (unpaired) electrons. The molecule has 2 aliphatic carbocycles. The molecule has 3 nitrogen and oxygen atoms in total. The van der Waals surface area contributed by atoms with Gasteiger partial charge in [-0.1, -0.05) is 19.3 Å². The van der Waals surface area contributed by atoms with Gasteiger partial charge >= 0.3 is 0 Å². The summed E-state index contributed by atoms with van der Waals surface area (Å²) in [6.07, 6.45) is 9.94. The Morgan fingerprint density at radius 3 is 2.65 bits per heavy atom. The van der Waals surface area contributed by atoms with Gasteiger partial charge in [-0.2, -0.15) is 0 Å². The molecule has 0 unspecified atom stereocenters. The second-order valence-electron chi connectivity index (χ2n) is 6.22. The molecular formula is C16H23NO2S. The molecule has 3 rings (SSSR count). The Morgan fingerprint density at radius 1 is 1.20 bits per heavy atom. The van der Waals surface area contributed by atoms with Crippen molar-refractivity contribution in [1.29, 1.82) is 0 Å². The zero-order chi connectivity index (χ0) is 14.0. The van der Waals surface area contributed by atoms with E-state index in [-0.39, 0.29) is 18.1 Å². The van der Waals surface area contributed by atoms with E-state index in [1.54, 1.807) is 11.3 Å². The Labute approximate surface area is 124 Å². The highest BCUT2D eigenvalue weighted by Crippen LogP contribution is 2.32. The van der Waals surface area contributed by atoms with Gasteiger partial charge in [-0.25, -0.2) is 0 Å². The van der Waals surface area contributed by atoms with Gasteiger partial charge in [0.05, 0.1) is 17.0 Å². The molecule has 1 aromatic rings. The summed E-state index contributed by atoms with van der Waals surface area (Å²) in [4.78, 5) is 14.7. The van der Waals surface area contributed by atoms with Crippen LogP contribution in [0.25, 0.3) is 0 Å². The summed E-state index contributed by atoms with van der Waals surface area (Å²) in [7, 11) is 0. The van der Waals surface area contributed by atoms with Crippen molar-refractivity contribution in [2.24, 2.45) is 0 Å². The number of aliphatic hydroxyl groups is 1. The van der Waals surface area contributed by atoms with Crippen molar-refractivity contribution in [1.82, 2.24) is 5.32 Å². The molecule has 0 aromatic carbocycles. The second kappa shape index (κ2) is 5.86. The Hall–Kier alpha value is -0.870. The third-order valence-electron chi connectivity index (χ3n) is 4.71. The first-order valence-electron chi connectivity index (χ1n) is 7.77. The van der Waals surface area contributed by atoms with E-state index in [1.807, 2.05) is 0 Å². The third-order valence-corrected chi connectivity index (χ3v) is 5.95. The highest BCUT2D eigenvalue weighted by Gasteiger charge is 2.33. The van der Waals surface area contributed by atoms with Crippen LogP contribution in [0.3, 0.4) is 0 Å². The average Bonchev–Trinajstić information content (AvgIpc) is 2.92. The minimum absolute atomic E-state index is 0.0142. The molecule has 1 heterocycles. The van der Waals surface area contributed by atoms with Crippen molar-refractivity contribution >= 4 is 17.2 Å². The average molecular weight is 293 g/mol. The molecule has 2 N–H and O–H groups in total. The fraction of sp³-hybridized carbons (Fsp3) is 0.688. The molecule has 1 amide bonds. The van der Waals surface area contributed by atoms with Crippen LogP contribution in [-0.2, 0) is 12.8 Å². The molecule has 20 heavy (non-hydrogen) atoms. The Bertz CT molecular complexity index is 465. The number of nitrogens with one attached hydrogen (secondary N) is 1. The first-order chi connectivity index (χ1) is 9.72. The standard InChI is InChI=1S/C16H23NO2S/c18-11-16(8-4-1-5-9-16)17-15(19)14-10-12-6-2-3-7-13(12)20-14/h10,18H,1-9,11H2,(H,17,19). The molecule has 0 saturated heterocycles. The molecule has 0 spiro atoms. The molecular weight excluding hydrogens is 270 g/mol. The van der Waals surface area contributed by atoms with Crippen LogP contribution in [-0.4, -0.2) is 23.2 Å². The van der Waals surface area contributed by atoms with Gasteiger partial charge in [0.15, 0.2) is 0 Å². The SMILES string of the molecule is O=C(NC1(CO)CCCCC1)c1cc2c(s1)CCCC2. The lowest BCUT2D eigenvalue weighted by molar-refractivity contribution is 0.0762. The van der Waals surface area contributed by atoms with Crippen LogP contribution >= 0.6 is 11.3 Å². The lowest BCUT2D eigenvalue weighted by Gasteiger charge is -2.36. The normalized spacial score (nSPS) is 21.2. The van der Waals surface area contributed by atoms with Crippen molar-refractivity contribution in [3.05, 3.63) is 21.4 Å². The van der Waals surface area contributed by atoms with Crippen molar-refractivity contribution in [3.63, 3.8) is 0 Å². The van der Waals surface area contributed by atoms with Crippen molar-refractivity contribution in [2.75, 3.05) is 6.61 Å². The quantitative estimate of drug-likeness (QED) is 0.900. The van der Waals surface area contributed by atoms with Gasteiger partial charge in [-0.05, 0) is 50.2 Å². The maximum absolute atomic E-state index is 12.5. The zero-order valence-corrected chi connectivity index (χ0v) is 12.7. The fourth-order valence-corrected chi connectivity index (χ4v) is 4.61. The summed E-state index contributed by atoms with van der Waals surface area (Å²) >= 11 is 1.65. The van der Waals surface area contributed by atoms with Crippen LogP contribution < -0.4 is 5.32 Å². The predicted molar refractivity (Wildman–Crippen MR) is 81.3 cm³/mol. The number of carbonyl (C=O) groups is 1. The Morgan fingerprint density at radius 2 is 1.95 bits per heavy atom. The molecule has 0 atom stereocenters. The number of hydrogen-bond donors (Lipinski definition) is 2. The topological polar surface area (TPSA) is 49.3 Å². The number of rotatable bonds is 3. The molecule has 4 heteroatoms. The summed E-state index contributed by atoms with van der Waals surface area (Å²) in [5, 5.41) is 12.8. The third kappa shape index (κ3) is 2.77. The number of aryl methyl sites for hydroxylation is 2. The zero-order valence-electron chi connectivity index (χ0n) is 11.9. The number of thiophene rings is 1. The van der Waals surface area contributed by atoms with Crippen LogP contribution in [0, 0.1) is 0 Å². The van der Waals surface area contributed by atoms with Crippen LogP contribution in [0.1, 0.15) is 65.1 Å². The van der Waals surface area contributed by atoms with Crippen LogP contribution in [0.15, 0.2) is 6.07 Å². The summed E-state index contributed by atoms with van der Waals surface area (Å²) in [5.74, 6) is 0.0142. The first-order valence-corrected chi connectivity index (χ1v) is 8.59. The number of aliphatic hydroxyl groups excluding tert-OH is 1. The van der Waals surface area contributed by atoms with E-state index >= 15 is 0 Å². The first kappa shape index (κ1) is 14.1. The van der Waals surface area contributed by atoms with Gasteiger partial charge in [0.25, 0.3) is 5.91 Å². The van der Waals surface area contributed by atoms with Gasteiger partial charge in [0.1, 0.15) is 0 Å².